The average molecular weight is 417 g/mol. The van der Waals surface area contributed by atoms with Gasteiger partial charge < -0.3 is 15.1 Å². The second-order valence-electron chi connectivity index (χ2n) is 8.58. The van der Waals surface area contributed by atoms with Gasteiger partial charge in [-0.15, -0.1) is 0 Å². The largest absolute Gasteiger partial charge is 0.378 e. The quantitative estimate of drug-likeness (QED) is 0.666. The van der Waals surface area contributed by atoms with Gasteiger partial charge in [0.15, 0.2) is 0 Å². The van der Waals surface area contributed by atoms with E-state index < -0.39 is 0 Å². The van der Waals surface area contributed by atoms with Crippen LogP contribution in [0.1, 0.15) is 22.0 Å². The second-order valence-corrected chi connectivity index (χ2v) is 8.58. The molecule has 1 amide bonds. The van der Waals surface area contributed by atoms with Gasteiger partial charge in [0.05, 0.1) is 6.04 Å². The summed E-state index contributed by atoms with van der Waals surface area (Å²) >= 11 is 0. The molecule has 1 fully saturated rings. The molecule has 5 heteroatoms. The normalized spacial score (nSPS) is 16.2. The molecule has 0 radical (unpaired) electrons. The molecular weight excluding hydrogens is 384 g/mol. The number of hydrogen-bond acceptors (Lipinski definition) is 4. The summed E-state index contributed by atoms with van der Waals surface area (Å²) < 4.78 is 0. The molecule has 0 spiro atoms. The number of piperazine rings is 1. The van der Waals surface area contributed by atoms with Crippen molar-refractivity contribution < 1.29 is 4.79 Å². The van der Waals surface area contributed by atoms with Crippen LogP contribution in [-0.4, -0.2) is 69.6 Å². The van der Waals surface area contributed by atoms with E-state index in [1.165, 1.54) is 11.3 Å². The molecule has 5 nitrogen and oxygen atoms in total. The van der Waals surface area contributed by atoms with Crippen molar-refractivity contribution in [1.29, 1.82) is 0 Å². The molecule has 1 heterocycles. The summed E-state index contributed by atoms with van der Waals surface area (Å²) in [7, 11) is 6.27. The van der Waals surface area contributed by atoms with Crippen molar-refractivity contribution in [3.05, 3.63) is 77.9 Å². The molecule has 4 rings (SSSR count). The highest BCUT2D eigenvalue weighted by atomic mass is 16.1. The van der Waals surface area contributed by atoms with Crippen molar-refractivity contribution in [2.24, 2.45) is 0 Å². The second kappa shape index (κ2) is 9.50. The minimum absolute atomic E-state index is 0.0131. The third kappa shape index (κ3) is 4.89. The van der Waals surface area contributed by atoms with Crippen molar-refractivity contribution in [1.82, 2.24) is 15.1 Å². The van der Waals surface area contributed by atoms with Crippen molar-refractivity contribution in [2.75, 3.05) is 58.8 Å². The standard InChI is InChI=1S/C26H32N4O/c1-28(2)22-13-11-21(12-14-22)25(30-17-15-29(3)16-18-30)19-27-26(31)24-10-6-8-20-7-4-5-9-23(20)24/h4-14,25H,15-19H2,1-3H3,(H,27,31)/t25-/m1/s1. The molecule has 0 saturated carbocycles. The lowest BCUT2D eigenvalue weighted by Crippen LogP contribution is -2.48. The van der Waals surface area contributed by atoms with E-state index in [1.54, 1.807) is 0 Å². The van der Waals surface area contributed by atoms with Gasteiger partial charge in [0.25, 0.3) is 5.91 Å². The molecule has 1 atom stereocenters. The number of likely N-dealkylation sites (N-methyl/N-ethyl adjacent to an activating group) is 1. The van der Waals surface area contributed by atoms with Gasteiger partial charge in [-0.1, -0.05) is 48.5 Å². The molecule has 3 aromatic carbocycles. The first kappa shape index (κ1) is 21.3. The van der Waals surface area contributed by atoms with Gasteiger partial charge in [-0.25, -0.2) is 0 Å². The highest BCUT2D eigenvalue weighted by Crippen LogP contribution is 2.25. The lowest BCUT2D eigenvalue weighted by Gasteiger charge is -2.38. The van der Waals surface area contributed by atoms with E-state index in [1.807, 2.05) is 42.5 Å². The van der Waals surface area contributed by atoms with Crippen LogP contribution >= 0.6 is 0 Å². The van der Waals surface area contributed by atoms with Gasteiger partial charge in [0.1, 0.15) is 0 Å². The summed E-state index contributed by atoms with van der Waals surface area (Å²) in [4.78, 5) is 20.1. The fourth-order valence-corrected chi connectivity index (χ4v) is 4.29. The zero-order chi connectivity index (χ0) is 21.8. The number of rotatable bonds is 6. The van der Waals surface area contributed by atoms with E-state index in [4.69, 9.17) is 0 Å². The summed E-state index contributed by atoms with van der Waals surface area (Å²) in [6, 6.07) is 22.8. The van der Waals surface area contributed by atoms with Crippen molar-refractivity contribution in [2.45, 2.75) is 6.04 Å². The van der Waals surface area contributed by atoms with Crippen LogP contribution in [0, 0.1) is 0 Å². The molecule has 0 aliphatic carbocycles. The number of anilines is 1. The minimum atomic E-state index is -0.0131. The summed E-state index contributed by atoms with van der Waals surface area (Å²) in [6.07, 6.45) is 0. The topological polar surface area (TPSA) is 38.8 Å². The van der Waals surface area contributed by atoms with E-state index >= 15 is 0 Å². The minimum Gasteiger partial charge on any atom is -0.378 e. The molecular formula is C26H32N4O. The average Bonchev–Trinajstić information content (AvgIpc) is 2.80. The van der Waals surface area contributed by atoms with Crippen LogP contribution in [0.4, 0.5) is 5.69 Å². The monoisotopic (exact) mass is 416 g/mol. The first-order valence-electron chi connectivity index (χ1n) is 11.0. The van der Waals surface area contributed by atoms with Crippen LogP contribution in [0.15, 0.2) is 66.7 Å². The summed E-state index contributed by atoms with van der Waals surface area (Å²) in [5.41, 5.74) is 3.16. The number of hydrogen-bond donors (Lipinski definition) is 1. The maximum Gasteiger partial charge on any atom is 0.251 e. The Morgan fingerprint density at radius 3 is 2.32 bits per heavy atom. The first-order chi connectivity index (χ1) is 15.0. The van der Waals surface area contributed by atoms with E-state index in [0.717, 1.165) is 42.5 Å². The summed E-state index contributed by atoms with van der Waals surface area (Å²) in [6.45, 7) is 4.68. The van der Waals surface area contributed by atoms with Crippen LogP contribution in [0.5, 0.6) is 0 Å². The number of fused-ring (bicyclic) bond motifs is 1. The Morgan fingerprint density at radius 2 is 1.61 bits per heavy atom. The molecule has 0 bridgehead atoms. The Bertz CT molecular complexity index is 1020. The lowest BCUT2D eigenvalue weighted by atomic mass is 10.0. The first-order valence-corrected chi connectivity index (χ1v) is 11.0. The number of carbonyl (C=O) groups is 1. The number of benzene rings is 3. The predicted molar refractivity (Wildman–Crippen MR) is 129 cm³/mol. The molecule has 1 aliphatic heterocycles. The Kier molecular flexibility index (Phi) is 6.54. The molecule has 0 unspecified atom stereocenters. The molecule has 3 aromatic rings. The Hall–Kier alpha value is -2.89. The predicted octanol–water partition coefficient (Wildman–Crippen LogP) is 3.62. The van der Waals surface area contributed by atoms with Crippen molar-refractivity contribution in [3.8, 4) is 0 Å². The number of carbonyl (C=O) groups excluding carboxylic acids is 1. The van der Waals surface area contributed by atoms with Crippen molar-refractivity contribution in [3.63, 3.8) is 0 Å². The Labute approximate surface area is 185 Å². The van der Waals surface area contributed by atoms with Gasteiger partial charge in [0, 0.05) is 58.1 Å². The van der Waals surface area contributed by atoms with E-state index in [2.05, 4.69) is 65.4 Å². The molecule has 162 valence electrons. The van der Waals surface area contributed by atoms with Gasteiger partial charge >= 0.3 is 0 Å². The van der Waals surface area contributed by atoms with Crippen LogP contribution in [-0.2, 0) is 0 Å². The van der Waals surface area contributed by atoms with Gasteiger partial charge in [-0.3, -0.25) is 9.69 Å². The smallest absolute Gasteiger partial charge is 0.251 e. The number of nitrogens with zero attached hydrogens (tertiary/aromatic N) is 3. The maximum absolute atomic E-state index is 13.1. The maximum atomic E-state index is 13.1. The molecule has 31 heavy (non-hydrogen) atoms. The Morgan fingerprint density at radius 1 is 0.935 bits per heavy atom. The third-order valence-corrected chi connectivity index (χ3v) is 6.26. The Balaban J connectivity index is 1.54. The van der Waals surface area contributed by atoms with E-state index in [-0.39, 0.29) is 11.9 Å². The van der Waals surface area contributed by atoms with Gasteiger partial charge in [-0.2, -0.15) is 0 Å². The zero-order valence-electron chi connectivity index (χ0n) is 18.7. The number of nitrogens with one attached hydrogen (secondary N) is 1. The fourth-order valence-electron chi connectivity index (χ4n) is 4.29. The van der Waals surface area contributed by atoms with E-state index in [9.17, 15) is 4.79 Å². The lowest BCUT2D eigenvalue weighted by molar-refractivity contribution is 0.0887. The summed E-state index contributed by atoms with van der Waals surface area (Å²) in [5.74, 6) is -0.0131. The van der Waals surface area contributed by atoms with Crippen LogP contribution in [0.3, 0.4) is 0 Å². The fraction of sp³-hybridized carbons (Fsp3) is 0.346. The molecule has 1 saturated heterocycles. The SMILES string of the molecule is CN1CCN([C@H](CNC(=O)c2cccc3ccccc23)c2ccc(N(C)C)cc2)CC1. The van der Waals surface area contributed by atoms with Crippen LogP contribution in [0.2, 0.25) is 0 Å². The van der Waals surface area contributed by atoms with Crippen LogP contribution < -0.4 is 10.2 Å². The van der Waals surface area contributed by atoms with Crippen molar-refractivity contribution >= 4 is 22.4 Å². The van der Waals surface area contributed by atoms with Crippen LogP contribution in [0.25, 0.3) is 10.8 Å². The van der Waals surface area contributed by atoms with Gasteiger partial charge in [0.2, 0.25) is 0 Å². The third-order valence-electron chi connectivity index (χ3n) is 6.26. The highest BCUT2D eigenvalue weighted by molar-refractivity contribution is 6.07. The zero-order valence-corrected chi connectivity index (χ0v) is 18.7. The summed E-state index contributed by atoms with van der Waals surface area (Å²) in [5, 5.41) is 5.31. The van der Waals surface area contributed by atoms with Gasteiger partial charge in [-0.05, 0) is 41.6 Å². The molecule has 1 aliphatic rings. The molecule has 0 aromatic heterocycles. The molecule has 1 N–H and O–H groups in total. The highest BCUT2D eigenvalue weighted by Gasteiger charge is 2.25. The van der Waals surface area contributed by atoms with E-state index in [0.29, 0.717) is 6.54 Å². The number of amides is 1.